The van der Waals surface area contributed by atoms with Gasteiger partial charge in [0, 0.05) is 17.8 Å². The summed E-state index contributed by atoms with van der Waals surface area (Å²) in [4.78, 5) is 4.84. The molecule has 4 heteroatoms. The maximum atomic E-state index is 9.85. The van der Waals surface area contributed by atoms with Gasteiger partial charge in [-0.3, -0.25) is 4.40 Å². The first kappa shape index (κ1) is 15.1. The lowest BCUT2D eigenvalue weighted by Crippen LogP contribution is -2.23. The summed E-state index contributed by atoms with van der Waals surface area (Å²) in [7, 11) is 0. The minimum absolute atomic E-state index is 0.268. The second-order valence-electron chi connectivity index (χ2n) is 6.77. The fraction of sp³-hybridized carbons (Fsp3) is 0.350. The Morgan fingerprint density at radius 3 is 2.75 bits per heavy atom. The summed E-state index contributed by atoms with van der Waals surface area (Å²) in [6.45, 7) is 2.08. The summed E-state index contributed by atoms with van der Waals surface area (Å²) in [5.74, 6) is 1.30. The van der Waals surface area contributed by atoms with E-state index in [4.69, 9.17) is 4.98 Å². The number of benzene rings is 1. The molecule has 0 aliphatic heterocycles. The SMILES string of the molecule is Cc1ccn2c(NC3CCCCC3)c(-c3cccc(O)c3)nc2c1. The van der Waals surface area contributed by atoms with Crippen molar-refractivity contribution in [3.63, 3.8) is 0 Å². The van der Waals surface area contributed by atoms with Gasteiger partial charge in [0.25, 0.3) is 0 Å². The maximum Gasteiger partial charge on any atom is 0.139 e. The Morgan fingerprint density at radius 2 is 1.96 bits per heavy atom. The number of aromatic nitrogens is 2. The molecule has 1 aliphatic rings. The summed E-state index contributed by atoms with van der Waals surface area (Å²) in [6, 6.07) is 12.0. The van der Waals surface area contributed by atoms with Gasteiger partial charge in [0.1, 0.15) is 22.9 Å². The van der Waals surface area contributed by atoms with Crippen molar-refractivity contribution in [1.82, 2.24) is 9.38 Å². The summed E-state index contributed by atoms with van der Waals surface area (Å²) in [5, 5.41) is 13.6. The van der Waals surface area contributed by atoms with Gasteiger partial charge in [0.15, 0.2) is 0 Å². The average Bonchev–Trinajstić information content (AvgIpc) is 2.93. The van der Waals surface area contributed by atoms with E-state index in [-0.39, 0.29) is 5.75 Å². The van der Waals surface area contributed by atoms with Crippen LogP contribution in [0.25, 0.3) is 16.9 Å². The number of imidazole rings is 1. The van der Waals surface area contributed by atoms with Crippen LogP contribution in [0.2, 0.25) is 0 Å². The second kappa shape index (κ2) is 6.19. The van der Waals surface area contributed by atoms with Gasteiger partial charge in [-0.25, -0.2) is 4.98 Å². The molecule has 0 spiro atoms. The highest BCUT2D eigenvalue weighted by molar-refractivity contribution is 5.77. The van der Waals surface area contributed by atoms with E-state index in [9.17, 15) is 5.11 Å². The number of fused-ring (bicyclic) bond motifs is 1. The van der Waals surface area contributed by atoms with Crippen molar-refractivity contribution in [2.45, 2.75) is 45.1 Å². The normalized spacial score (nSPS) is 15.7. The number of hydrogen-bond acceptors (Lipinski definition) is 3. The molecular weight excluding hydrogens is 298 g/mol. The number of phenols is 1. The van der Waals surface area contributed by atoms with E-state index >= 15 is 0 Å². The third-order valence-corrected chi connectivity index (χ3v) is 4.85. The van der Waals surface area contributed by atoms with E-state index in [1.165, 1.54) is 37.7 Å². The van der Waals surface area contributed by atoms with Gasteiger partial charge in [0.2, 0.25) is 0 Å². The van der Waals surface area contributed by atoms with Crippen molar-refractivity contribution >= 4 is 11.5 Å². The molecule has 1 saturated carbocycles. The number of rotatable bonds is 3. The third kappa shape index (κ3) is 2.84. The predicted molar refractivity (Wildman–Crippen MR) is 97.5 cm³/mol. The fourth-order valence-corrected chi connectivity index (χ4v) is 3.58. The van der Waals surface area contributed by atoms with Crippen molar-refractivity contribution in [1.29, 1.82) is 0 Å². The van der Waals surface area contributed by atoms with Crippen LogP contribution in [-0.4, -0.2) is 20.5 Å². The second-order valence-corrected chi connectivity index (χ2v) is 6.77. The van der Waals surface area contributed by atoms with E-state index in [0.29, 0.717) is 6.04 Å². The summed E-state index contributed by atoms with van der Waals surface area (Å²) < 4.78 is 2.13. The quantitative estimate of drug-likeness (QED) is 0.731. The fourth-order valence-electron chi connectivity index (χ4n) is 3.58. The first-order valence-corrected chi connectivity index (χ1v) is 8.75. The highest BCUT2D eigenvalue weighted by Crippen LogP contribution is 2.33. The van der Waals surface area contributed by atoms with E-state index in [0.717, 1.165) is 22.7 Å². The zero-order valence-electron chi connectivity index (χ0n) is 14.0. The van der Waals surface area contributed by atoms with Crippen LogP contribution < -0.4 is 5.32 Å². The summed E-state index contributed by atoms with van der Waals surface area (Å²) in [6.07, 6.45) is 8.40. The van der Waals surface area contributed by atoms with Gasteiger partial charge in [0.05, 0.1) is 0 Å². The smallest absolute Gasteiger partial charge is 0.139 e. The average molecular weight is 321 g/mol. The predicted octanol–water partition coefficient (Wildman–Crippen LogP) is 4.76. The highest BCUT2D eigenvalue weighted by atomic mass is 16.3. The zero-order valence-corrected chi connectivity index (χ0v) is 14.0. The molecule has 1 fully saturated rings. The van der Waals surface area contributed by atoms with Gasteiger partial charge in [-0.2, -0.15) is 0 Å². The number of aromatic hydroxyl groups is 1. The molecule has 0 atom stereocenters. The molecule has 2 heterocycles. The first-order chi connectivity index (χ1) is 11.7. The highest BCUT2D eigenvalue weighted by Gasteiger charge is 2.19. The summed E-state index contributed by atoms with van der Waals surface area (Å²) in [5.41, 5.74) is 3.97. The topological polar surface area (TPSA) is 49.6 Å². The largest absolute Gasteiger partial charge is 0.508 e. The zero-order chi connectivity index (χ0) is 16.5. The van der Waals surface area contributed by atoms with Crippen LogP contribution in [0, 0.1) is 6.92 Å². The Morgan fingerprint density at radius 1 is 1.12 bits per heavy atom. The Bertz CT molecular complexity index is 862. The van der Waals surface area contributed by atoms with Crippen LogP contribution in [-0.2, 0) is 0 Å². The van der Waals surface area contributed by atoms with Gasteiger partial charge >= 0.3 is 0 Å². The molecule has 124 valence electrons. The van der Waals surface area contributed by atoms with Crippen LogP contribution in [0.15, 0.2) is 42.6 Å². The van der Waals surface area contributed by atoms with Crippen LogP contribution >= 0.6 is 0 Å². The molecule has 0 unspecified atom stereocenters. The molecule has 2 N–H and O–H groups in total. The minimum atomic E-state index is 0.268. The molecule has 0 radical (unpaired) electrons. The van der Waals surface area contributed by atoms with Crippen LogP contribution in [0.4, 0.5) is 5.82 Å². The Balaban J connectivity index is 1.83. The molecule has 0 bridgehead atoms. The minimum Gasteiger partial charge on any atom is -0.508 e. The molecule has 2 aromatic heterocycles. The molecule has 0 saturated heterocycles. The van der Waals surface area contributed by atoms with Gasteiger partial charge in [-0.1, -0.05) is 31.4 Å². The lowest BCUT2D eigenvalue weighted by atomic mass is 9.95. The van der Waals surface area contributed by atoms with E-state index in [1.807, 2.05) is 12.1 Å². The number of phenolic OH excluding ortho intramolecular Hbond substituents is 1. The van der Waals surface area contributed by atoms with Crippen molar-refractivity contribution in [3.8, 4) is 17.0 Å². The number of hydrogen-bond donors (Lipinski definition) is 2. The van der Waals surface area contributed by atoms with Gasteiger partial charge in [-0.05, 0) is 49.6 Å². The monoisotopic (exact) mass is 321 g/mol. The number of anilines is 1. The molecule has 24 heavy (non-hydrogen) atoms. The van der Waals surface area contributed by atoms with Crippen molar-refractivity contribution in [2.24, 2.45) is 0 Å². The number of nitrogens with zero attached hydrogens (tertiary/aromatic N) is 2. The molecule has 1 aliphatic carbocycles. The van der Waals surface area contributed by atoms with Crippen LogP contribution in [0.3, 0.4) is 0 Å². The molecule has 0 amide bonds. The van der Waals surface area contributed by atoms with E-state index < -0.39 is 0 Å². The molecule has 3 aromatic rings. The number of nitrogens with one attached hydrogen (secondary N) is 1. The number of aryl methyl sites for hydroxylation is 1. The Hall–Kier alpha value is -2.49. The maximum absolute atomic E-state index is 9.85. The van der Waals surface area contributed by atoms with E-state index in [2.05, 4.69) is 35.0 Å². The lowest BCUT2D eigenvalue weighted by molar-refractivity contribution is 0.461. The van der Waals surface area contributed by atoms with Crippen molar-refractivity contribution in [2.75, 3.05) is 5.32 Å². The summed E-state index contributed by atoms with van der Waals surface area (Å²) >= 11 is 0. The number of pyridine rings is 1. The van der Waals surface area contributed by atoms with Crippen LogP contribution in [0.1, 0.15) is 37.7 Å². The first-order valence-electron chi connectivity index (χ1n) is 8.75. The lowest BCUT2D eigenvalue weighted by Gasteiger charge is -2.24. The van der Waals surface area contributed by atoms with Crippen molar-refractivity contribution < 1.29 is 5.11 Å². The third-order valence-electron chi connectivity index (χ3n) is 4.85. The Labute approximate surface area is 142 Å². The molecule has 1 aromatic carbocycles. The molecule has 4 rings (SSSR count). The molecule has 4 nitrogen and oxygen atoms in total. The molecular formula is C20H23N3O. The van der Waals surface area contributed by atoms with Gasteiger partial charge < -0.3 is 10.4 Å². The van der Waals surface area contributed by atoms with Gasteiger partial charge in [-0.15, -0.1) is 0 Å². The van der Waals surface area contributed by atoms with E-state index in [1.54, 1.807) is 12.1 Å². The van der Waals surface area contributed by atoms with Crippen LogP contribution in [0.5, 0.6) is 5.75 Å². The Kier molecular flexibility index (Phi) is 3.89. The van der Waals surface area contributed by atoms with Crippen molar-refractivity contribution in [3.05, 3.63) is 48.2 Å². The standard InChI is InChI=1S/C20H23N3O/c1-14-10-11-23-18(12-14)22-19(15-6-5-9-17(24)13-15)20(23)21-16-7-3-2-4-8-16/h5-6,9-13,16,21,24H,2-4,7-8H2,1H3.